The lowest BCUT2D eigenvalue weighted by molar-refractivity contribution is 0.317. The first-order chi connectivity index (χ1) is 8.70. The van der Waals surface area contributed by atoms with Gasteiger partial charge in [-0.05, 0) is 18.2 Å². The van der Waals surface area contributed by atoms with Crippen LogP contribution in [-0.4, -0.2) is 16.4 Å². The Hall–Kier alpha value is -1.99. The van der Waals surface area contributed by atoms with Gasteiger partial charge in [-0.1, -0.05) is 11.6 Å². The third-order valence-corrected chi connectivity index (χ3v) is 2.84. The molecule has 4 nitrogen and oxygen atoms in total. The normalized spacial score (nSPS) is 10.1. The molecule has 92 valence electrons. The van der Waals surface area contributed by atoms with Crippen LogP contribution in [0.15, 0.2) is 30.5 Å². The van der Waals surface area contributed by atoms with E-state index in [2.05, 4.69) is 11.2 Å². The molecule has 0 aliphatic heterocycles. The molecular weight excluding hydrogens is 250 g/mol. The van der Waals surface area contributed by atoms with Gasteiger partial charge >= 0.3 is 0 Å². The Balaban J connectivity index is 2.00. The SMILES string of the molecule is Cn1nccc1CCOc1cc(Cl)ccc1C#N. The van der Waals surface area contributed by atoms with E-state index in [1.807, 2.05) is 13.1 Å². The van der Waals surface area contributed by atoms with Crippen LogP contribution < -0.4 is 4.74 Å². The van der Waals surface area contributed by atoms with Crippen molar-refractivity contribution in [3.63, 3.8) is 0 Å². The molecule has 2 aromatic rings. The Morgan fingerprint density at radius 3 is 2.94 bits per heavy atom. The Kier molecular flexibility index (Phi) is 3.85. The number of nitriles is 1. The molecule has 5 heteroatoms. The lowest BCUT2D eigenvalue weighted by atomic mass is 10.2. The highest BCUT2D eigenvalue weighted by molar-refractivity contribution is 6.30. The Morgan fingerprint density at radius 2 is 2.28 bits per heavy atom. The maximum atomic E-state index is 8.95. The quantitative estimate of drug-likeness (QED) is 0.850. The molecule has 0 saturated heterocycles. The van der Waals surface area contributed by atoms with Crippen molar-refractivity contribution in [2.75, 3.05) is 6.61 Å². The lowest BCUT2D eigenvalue weighted by Gasteiger charge is -2.08. The molecule has 0 aliphatic carbocycles. The summed E-state index contributed by atoms with van der Waals surface area (Å²) in [6.45, 7) is 0.481. The van der Waals surface area contributed by atoms with Crippen LogP contribution in [0.1, 0.15) is 11.3 Å². The first-order valence-corrected chi connectivity index (χ1v) is 5.88. The summed E-state index contributed by atoms with van der Waals surface area (Å²) >= 11 is 5.87. The summed E-state index contributed by atoms with van der Waals surface area (Å²) in [5.41, 5.74) is 1.57. The highest BCUT2D eigenvalue weighted by Crippen LogP contribution is 2.22. The molecule has 1 aromatic carbocycles. The van der Waals surface area contributed by atoms with Crippen LogP contribution in [-0.2, 0) is 13.5 Å². The summed E-state index contributed by atoms with van der Waals surface area (Å²) in [5.74, 6) is 0.521. The first kappa shape index (κ1) is 12.5. The van der Waals surface area contributed by atoms with E-state index in [0.29, 0.717) is 22.9 Å². The number of benzene rings is 1. The van der Waals surface area contributed by atoms with Gasteiger partial charge in [0.05, 0.1) is 12.2 Å². The number of aryl methyl sites for hydroxylation is 1. The average molecular weight is 262 g/mol. The van der Waals surface area contributed by atoms with E-state index in [1.165, 1.54) is 0 Å². The summed E-state index contributed by atoms with van der Waals surface area (Å²) in [4.78, 5) is 0. The summed E-state index contributed by atoms with van der Waals surface area (Å²) in [6.07, 6.45) is 2.48. The summed E-state index contributed by atoms with van der Waals surface area (Å²) in [6, 6.07) is 9.00. The smallest absolute Gasteiger partial charge is 0.138 e. The molecule has 0 bridgehead atoms. The topological polar surface area (TPSA) is 50.8 Å². The van der Waals surface area contributed by atoms with E-state index in [-0.39, 0.29) is 0 Å². The van der Waals surface area contributed by atoms with Gasteiger partial charge in [0, 0.05) is 36.4 Å². The molecule has 1 heterocycles. The third kappa shape index (κ3) is 2.82. The minimum Gasteiger partial charge on any atom is -0.492 e. The number of halogens is 1. The van der Waals surface area contributed by atoms with Crippen LogP contribution in [0, 0.1) is 11.3 Å². The molecular formula is C13H12ClN3O. The van der Waals surface area contributed by atoms with Crippen molar-refractivity contribution in [2.24, 2.45) is 7.05 Å². The second-order valence-electron chi connectivity index (χ2n) is 3.80. The first-order valence-electron chi connectivity index (χ1n) is 5.50. The molecule has 0 fully saturated rings. The third-order valence-electron chi connectivity index (χ3n) is 2.60. The molecule has 0 saturated carbocycles. The van der Waals surface area contributed by atoms with Gasteiger partial charge in [-0.3, -0.25) is 4.68 Å². The van der Waals surface area contributed by atoms with Gasteiger partial charge in [-0.2, -0.15) is 10.4 Å². The lowest BCUT2D eigenvalue weighted by Crippen LogP contribution is -2.06. The number of nitrogens with zero attached hydrogens (tertiary/aromatic N) is 3. The highest BCUT2D eigenvalue weighted by atomic mass is 35.5. The zero-order valence-corrected chi connectivity index (χ0v) is 10.7. The Labute approximate surface area is 110 Å². The Morgan fingerprint density at radius 1 is 1.44 bits per heavy atom. The van der Waals surface area contributed by atoms with E-state index in [4.69, 9.17) is 21.6 Å². The number of rotatable bonds is 4. The van der Waals surface area contributed by atoms with Crippen LogP contribution in [0.5, 0.6) is 5.75 Å². The van der Waals surface area contributed by atoms with Crippen LogP contribution in [0.25, 0.3) is 0 Å². The van der Waals surface area contributed by atoms with Crippen LogP contribution in [0.3, 0.4) is 0 Å². The van der Waals surface area contributed by atoms with Crippen molar-refractivity contribution in [2.45, 2.75) is 6.42 Å². The van der Waals surface area contributed by atoms with Gasteiger partial charge in [-0.15, -0.1) is 0 Å². The number of aromatic nitrogens is 2. The second kappa shape index (κ2) is 5.56. The molecule has 0 atom stereocenters. The van der Waals surface area contributed by atoms with E-state index in [1.54, 1.807) is 29.1 Å². The zero-order chi connectivity index (χ0) is 13.0. The number of ether oxygens (including phenoxy) is 1. The molecule has 18 heavy (non-hydrogen) atoms. The number of hydrogen-bond acceptors (Lipinski definition) is 3. The van der Waals surface area contributed by atoms with Gasteiger partial charge in [-0.25, -0.2) is 0 Å². The highest BCUT2D eigenvalue weighted by Gasteiger charge is 2.05. The molecule has 0 spiro atoms. The van der Waals surface area contributed by atoms with Crippen molar-refractivity contribution in [1.82, 2.24) is 9.78 Å². The van der Waals surface area contributed by atoms with Gasteiger partial charge in [0.2, 0.25) is 0 Å². The predicted octanol–water partition coefficient (Wildman–Crippen LogP) is 2.57. The largest absolute Gasteiger partial charge is 0.492 e. The zero-order valence-electron chi connectivity index (χ0n) is 9.93. The van der Waals surface area contributed by atoms with Gasteiger partial charge < -0.3 is 4.74 Å². The van der Waals surface area contributed by atoms with Crippen molar-refractivity contribution < 1.29 is 4.74 Å². The van der Waals surface area contributed by atoms with E-state index in [0.717, 1.165) is 12.1 Å². The summed E-state index contributed by atoms with van der Waals surface area (Å²) < 4.78 is 7.39. The van der Waals surface area contributed by atoms with Crippen molar-refractivity contribution >= 4 is 11.6 Å². The summed E-state index contributed by atoms with van der Waals surface area (Å²) in [7, 11) is 1.88. The Bertz CT molecular complexity index is 586. The fraction of sp³-hybridized carbons (Fsp3) is 0.231. The average Bonchev–Trinajstić information content (AvgIpc) is 2.76. The summed E-state index contributed by atoms with van der Waals surface area (Å²) in [5, 5.41) is 13.6. The van der Waals surface area contributed by atoms with E-state index < -0.39 is 0 Å². The molecule has 0 aliphatic rings. The molecule has 1 aromatic heterocycles. The van der Waals surface area contributed by atoms with E-state index in [9.17, 15) is 0 Å². The molecule has 0 radical (unpaired) electrons. The van der Waals surface area contributed by atoms with E-state index >= 15 is 0 Å². The maximum Gasteiger partial charge on any atom is 0.138 e. The molecule has 0 amide bonds. The van der Waals surface area contributed by atoms with Gasteiger partial charge in [0.25, 0.3) is 0 Å². The maximum absolute atomic E-state index is 8.95. The van der Waals surface area contributed by atoms with Gasteiger partial charge in [0.1, 0.15) is 11.8 Å². The van der Waals surface area contributed by atoms with Crippen LogP contribution in [0.2, 0.25) is 5.02 Å². The van der Waals surface area contributed by atoms with Crippen LogP contribution >= 0.6 is 11.6 Å². The minimum absolute atomic E-state index is 0.481. The van der Waals surface area contributed by atoms with Crippen molar-refractivity contribution in [3.05, 3.63) is 46.7 Å². The number of hydrogen-bond donors (Lipinski definition) is 0. The standard InChI is InChI=1S/C13H12ClN3O/c1-17-12(4-6-16-17)5-7-18-13-8-11(14)3-2-10(13)9-15/h2-4,6,8H,5,7H2,1H3. The van der Waals surface area contributed by atoms with Gasteiger partial charge in [0.15, 0.2) is 0 Å². The van der Waals surface area contributed by atoms with Crippen molar-refractivity contribution in [3.8, 4) is 11.8 Å². The predicted molar refractivity (Wildman–Crippen MR) is 68.6 cm³/mol. The van der Waals surface area contributed by atoms with Crippen LogP contribution in [0.4, 0.5) is 0 Å². The molecule has 2 rings (SSSR count). The monoisotopic (exact) mass is 261 g/mol. The fourth-order valence-corrected chi connectivity index (χ4v) is 1.78. The van der Waals surface area contributed by atoms with Crippen molar-refractivity contribution in [1.29, 1.82) is 5.26 Å². The molecule has 0 unspecified atom stereocenters. The minimum atomic E-state index is 0.481. The second-order valence-corrected chi connectivity index (χ2v) is 4.23. The fourth-order valence-electron chi connectivity index (χ4n) is 1.62. The molecule has 0 N–H and O–H groups in total.